The Bertz CT molecular complexity index is 421. The van der Waals surface area contributed by atoms with Gasteiger partial charge in [-0.1, -0.05) is 6.07 Å². The minimum absolute atomic E-state index is 0.633. The van der Waals surface area contributed by atoms with Crippen LogP contribution in [0.5, 0.6) is 5.75 Å². The van der Waals surface area contributed by atoms with Crippen LogP contribution in [0.1, 0.15) is 29.5 Å². The summed E-state index contributed by atoms with van der Waals surface area (Å²) in [7, 11) is 1.71. The van der Waals surface area contributed by atoms with Crippen LogP contribution in [0.3, 0.4) is 0 Å². The molecule has 1 aromatic rings. The third-order valence-electron chi connectivity index (χ3n) is 3.07. The van der Waals surface area contributed by atoms with Gasteiger partial charge in [0.25, 0.3) is 0 Å². The fourth-order valence-corrected chi connectivity index (χ4v) is 1.98. The second-order valence-electron chi connectivity index (χ2n) is 4.51. The van der Waals surface area contributed by atoms with E-state index in [0.717, 1.165) is 31.7 Å². The average Bonchev–Trinajstić information content (AvgIpc) is 2.37. The largest absolute Gasteiger partial charge is 0.496 e. The van der Waals surface area contributed by atoms with E-state index in [-0.39, 0.29) is 0 Å². The van der Waals surface area contributed by atoms with Gasteiger partial charge in [-0.3, -0.25) is 0 Å². The molecule has 0 saturated heterocycles. The van der Waals surface area contributed by atoms with Crippen molar-refractivity contribution >= 4 is 0 Å². The summed E-state index contributed by atoms with van der Waals surface area (Å²) in [4.78, 5) is 0. The number of aryl methyl sites for hydroxylation is 2. The fourth-order valence-electron chi connectivity index (χ4n) is 1.98. The maximum Gasteiger partial charge on any atom is 0.122 e. The highest BCUT2D eigenvalue weighted by molar-refractivity contribution is 5.41. The van der Waals surface area contributed by atoms with Gasteiger partial charge in [-0.05, 0) is 62.5 Å². The van der Waals surface area contributed by atoms with Crippen LogP contribution in [0.25, 0.3) is 0 Å². The van der Waals surface area contributed by atoms with Gasteiger partial charge >= 0.3 is 0 Å². The van der Waals surface area contributed by atoms with Gasteiger partial charge in [-0.15, -0.1) is 0 Å². The highest BCUT2D eigenvalue weighted by Crippen LogP contribution is 2.22. The Morgan fingerprint density at radius 1 is 1.22 bits per heavy atom. The van der Waals surface area contributed by atoms with E-state index in [1.165, 1.54) is 16.7 Å². The molecule has 0 bridgehead atoms. The second kappa shape index (κ2) is 7.73. The van der Waals surface area contributed by atoms with Crippen molar-refractivity contribution in [3.05, 3.63) is 28.8 Å². The van der Waals surface area contributed by atoms with Crippen LogP contribution in [0, 0.1) is 25.2 Å². The topological polar surface area (TPSA) is 45.0 Å². The molecule has 0 fully saturated rings. The smallest absolute Gasteiger partial charge is 0.122 e. The molecule has 0 saturated carbocycles. The molecule has 18 heavy (non-hydrogen) atoms. The Morgan fingerprint density at radius 3 is 2.67 bits per heavy atom. The zero-order valence-corrected chi connectivity index (χ0v) is 11.5. The molecule has 0 atom stereocenters. The zero-order chi connectivity index (χ0) is 13.4. The zero-order valence-electron chi connectivity index (χ0n) is 11.5. The lowest BCUT2D eigenvalue weighted by atomic mass is 10.0. The van der Waals surface area contributed by atoms with Crippen LogP contribution in [-0.2, 0) is 6.42 Å². The summed E-state index contributed by atoms with van der Waals surface area (Å²) in [6.45, 7) is 6.06. The molecule has 0 aliphatic carbocycles. The van der Waals surface area contributed by atoms with Gasteiger partial charge in [0.15, 0.2) is 0 Å². The number of nitrogens with zero attached hydrogens (tertiary/aromatic N) is 1. The van der Waals surface area contributed by atoms with E-state index in [9.17, 15) is 0 Å². The lowest BCUT2D eigenvalue weighted by Gasteiger charge is -2.11. The monoisotopic (exact) mass is 246 g/mol. The van der Waals surface area contributed by atoms with Crippen LogP contribution in [0.15, 0.2) is 12.1 Å². The molecule has 1 N–H and O–H groups in total. The number of benzene rings is 1. The summed E-state index contributed by atoms with van der Waals surface area (Å²) < 4.78 is 5.30. The van der Waals surface area contributed by atoms with Crippen LogP contribution >= 0.6 is 0 Å². The molecule has 1 rings (SSSR count). The van der Waals surface area contributed by atoms with Crippen LogP contribution in [-0.4, -0.2) is 20.2 Å². The van der Waals surface area contributed by atoms with Gasteiger partial charge < -0.3 is 10.1 Å². The third-order valence-corrected chi connectivity index (χ3v) is 3.07. The first-order chi connectivity index (χ1) is 8.69. The Labute approximate surface area is 110 Å². The number of nitriles is 1. The van der Waals surface area contributed by atoms with Gasteiger partial charge in [0, 0.05) is 6.42 Å². The molecular formula is C15H22N2O. The Balaban J connectivity index is 2.43. The highest BCUT2D eigenvalue weighted by Gasteiger charge is 2.04. The van der Waals surface area contributed by atoms with E-state index in [1.54, 1.807) is 7.11 Å². The van der Waals surface area contributed by atoms with E-state index >= 15 is 0 Å². The van der Waals surface area contributed by atoms with Gasteiger partial charge in [-0.2, -0.15) is 5.26 Å². The quantitative estimate of drug-likeness (QED) is 0.752. The third kappa shape index (κ3) is 4.38. The predicted molar refractivity (Wildman–Crippen MR) is 73.9 cm³/mol. The molecule has 0 aliphatic rings. The summed E-state index contributed by atoms with van der Waals surface area (Å²) in [5.41, 5.74) is 3.82. The van der Waals surface area contributed by atoms with E-state index in [2.05, 4.69) is 37.4 Å². The van der Waals surface area contributed by atoms with Crippen molar-refractivity contribution in [1.29, 1.82) is 5.26 Å². The summed E-state index contributed by atoms with van der Waals surface area (Å²) in [6.07, 6.45) is 2.58. The summed E-state index contributed by atoms with van der Waals surface area (Å²) in [5.74, 6) is 0.957. The van der Waals surface area contributed by atoms with E-state index in [0.29, 0.717) is 6.42 Å². The normalized spacial score (nSPS) is 10.1. The molecule has 0 spiro atoms. The average molecular weight is 246 g/mol. The van der Waals surface area contributed by atoms with Crippen molar-refractivity contribution in [3.63, 3.8) is 0 Å². The van der Waals surface area contributed by atoms with Crippen LogP contribution in [0.2, 0.25) is 0 Å². The Morgan fingerprint density at radius 2 is 2.00 bits per heavy atom. The minimum atomic E-state index is 0.633. The molecule has 3 nitrogen and oxygen atoms in total. The number of hydrogen-bond acceptors (Lipinski definition) is 3. The highest BCUT2D eigenvalue weighted by atomic mass is 16.5. The van der Waals surface area contributed by atoms with Crippen LogP contribution < -0.4 is 10.1 Å². The van der Waals surface area contributed by atoms with Gasteiger partial charge in [-0.25, -0.2) is 0 Å². The molecule has 98 valence electrons. The summed E-state index contributed by atoms with van der Waals surface area (Å²) >= 11 is 0. The molecule has 0 radical (unpaired) electrons. The van der Waals surface area contributed by atoms with Crippen molar-refractivity contribution < 1.29 is 4.74 Å². The number of methoxy groups -OCH3 is 1. The predicted octanol–water partition coefficient (Wildman–Crippen LogP) is 2.75. The number of ether oxygens (including phenoxy) is 1. The van der Waals surface area contributed by atoms with E-state index in [4.69, 9.17) is 10.00 Å². The minimum Gasteiger partial charge on any atom is -0.496 e. The maximum absolute atomic E-state index is 8.43. The van der Waals surface area contributed by atoms with Gasteiger partial charge in [0.1, 0.15) is 5.75 Å². The first kappa shape index (κ1) is 14.5. The molecule has 3 heteroatoms. The lowest BCUT2D eigenvalue weighted by molar-refractivity contribution is 0.411. The molecule has 1 aromatic carbocycles. The number of hydrogen-bond donors (Lipinski definition) is 1. The van der Waals surface area contributed by atoms with Gasteiger partial charge in [0.05, 0.1) is 13.2 Å². The second-order valence-corrected chi connectivity index (χ2v) is 4.51. The number of nitrogens with one attached hydrogen (secondary N) is 1. The van der Waals surface area contributed by atoms with Crippen molar-refractivity contribution in [2.45, 2.75) is 33.1 Å². The molecule has 0 heterocycles. The molecule has 0 amide bonds. The molecular weight excluding hydrogens is 224 g/mol. The summed E-state index contributed by atoms with van der Waals surface area (Å²) in [6, 6.07) is 6.45. The molecule has 0 unspecified atom stereocenters. The molecule has 0 aliphatic heterocycles. The Kier molecular flexibility index (Phi) is 6.24. The van der Waals surface area contributed by atoms with Crippen molar-refractivity contribution in [2.75, 3.05) is 20.2 Å². The SMILES string of the molecule is COc1cc(C)c(CCNCCCC#N)cc1C. The van der Waals surface area contributed by atoms with Gasteiger partial charge in [0.2, 0.25) is 0 Å². The van der Waals surface area contributed by atoms with Crippen molar-refractivity contribution in [3.8, 4) is 11.8 Å². The maximum atomic E-state index is 8.43. The standard InChI is InChI=1S/C15H22N2O/c1-12-11-15(18-3)13(2)10-14(12)6-9-17-8-5-4-7-16/h10-11,17H,4-6,8-9H2,1-3H3. The fraction of sp³-hybridized carbons (Fsp3) is 0.533. The van der Waals surface area contributed by atoms with E-state index < -0.39 is 0 Å². The van der Waals surface area contributed by atoms with Crippen LogP contribution in [0.4, 0.5) is 0 Å². The number of rotatable bonds is 7. The lowest BCUT2D eigenvalue weighted by Crippen LogP contribution is -2.18. The van der Waals surface area contributed by atoms with E-state index in [1.807, 2.05) is 0 Å². The first-order valence-corrected chi connectivity index (χ1v) is 6.40. The summed E-state index contributed by atoms with van der Waals surface area (Å²) in [5, 5.41) is 11.8. The molecule has 0 aromatic heterocycles. The Hall–Kier alpha value is -1.53. The van der Waals surface area contributed by atoms with Crippen molar-refractivity contribution in [1.82, 2.24) is 5.32 Å². The van der Waals surface area contributed by atoms with Crippen molar-refractivity contribution in [2.24, 2.45) is 0 Å². The first-order valence-electron chi connectivity index (χ1n) is 6.40. The number of unbranched alkanes of at least 4 members (excludes halogenated alkanes) is 1.